The lowest BCUT2D eigenvalue weighted by atomic mass is 10.1. The molecule has 0 aromatic heterocycles. The molecule has 1 heterocycles. The molecular weight excluding hydrogens is 364 g/mol. The van der Waals surface area contributed by atoms with Gasteiger partial charge in [0.15, 0.2) is 0 Å². The fourth-order valence-corrected chi connectivity index (χ4v) is 3.00. The normalized spacial score (nSPS) is 16.9. The first kappa shape index (κ1) is 21.6. The second-order valence-corrected chi connectivity index (χ2v) is 7.17. The Kier molecular flexibility index (Phi) is 7.77. The van der Waals surface area contributed by atoms with Crippen molar-refractivity contribution in [3.63, 3.8) is 0 Å². The Labute approximate surface area is 164 Å². The predicted molar refractivity (Wildman–Crippen MR) is 105 cm³/mol. The van der Waals surface area contributed by atoms with Crippen molar-refractivity contribution in [3.8, 4) is 0 Å². The van der Waals surface area contributed by atoms with Crippen LogP contribution in [0.25, 0.3) is 0 Å². The summed E-state index contributed by atoms with van der Waals surface area (Å²) in [4.78, 5) is 38.8. The number of carbonyl (C=O) groups excluding carboxylic acids is 2. The van der Waals surface area contributed by atoms with Gasteiger partial charge in [-0.1, -0.05) is 6.07 Å². The first-order valence-electron chi connectivity index (χ1n) is 9.23. The lowest BCUT2D eigenvalue weighted by molar-refractivity contribution is -0.138. The molecule has 0 radical (unpaired) electrons. The average molecular weight is 392 g/mol. The number of ether oxygens (including phenoxy) is 1. The highest BCUT2D eigenvalue weighted by atomic mass is 16.5. The molecule has 1 aromatic rings. The molecule has 0 saturated carbocycles. The van der Waals surface area contributed by atoms with Crippen LogP contribution in [0.4, 0.5) is 10.5 Å². The fraction of sp³-hybridized carbons (Fsp3) is 0.526. The lowest BCUT2D eigenvalue weighted by Gasteiger charge is -2.34. The number of hydrogen-bond donors (Lipinski definition) is 3. The van der Waals surface area contributed by atoms with E-state index in [0.29, 0.717) is 37.5 Å². The van der Waals surface area contributed by atoms with Gasteiger partial charge in [-0.05, 0) is 39.1 Å². The maximum Gasteiger partial charge on any atom is 0.319 e. The Bertz CT molecular complexity index is 709. The quantitative estimate of drug-likeness (QED) is 0.640. The molecule has 1 unspecified atom stereocenters. The number of carboxylic acid groups (broad SMARTS) is 1. The van der Waals surface area contributed by atoms with Crippen molar-refractivity contribution in [3.05, 3.63) is 29.8 Å². The van der Waals surface area contributed by atoms with Crippen LogP contribution in [0.5, 0.6) is 0 Å². The monoisotopic (exact) mass is 392 g/mol. The van der Waals surface area contributed by atoms with E-state index >= 15 is 0 Å². The topological polar surface area (TPSA) is 111 Å². The zero-order valence-electron chi connectivity index (χ0n) is 16.5. The Morgan fingerprint density at radius 1 is 1.36 bits per heavy atom. The molecule has 1 atom stereocenters. The number of carboxylic acids is 1. The molecule has 1 fully saturated rings. The number of nitrogens with zero attached hydrogens (tertiary/aromatic N) is 2. The van der Waals surface area contributed by atoms with Crippen LogP contribution >= 0.6 is 0 Å². The van der Waals surface area contributed by atoms with Gasteiger partial charge in [-0.3, -0.25) is 14.5 Å². The number of benzene rings is 1. The van der Waals surface area contributed by atoms with Crippen molar-refractivity contribution in [1.82, 2.24) is 15.1 Å². The van der Waals surface area contributed by atoms with Gasteiger partial charge in [0.05, 0.1) is 19.3 Å². The van der Waals surface area contributed by atoms with E-state index in [1.807, 2.05) is 13.8 Å². The zero-order chi connectivity index (χ0) is 20.7. The zero-order valence-corrected chi connectivity index (χ0v) is 16.5. The summed E-state index contributed by atoms with van der Waals surface area (Å²) in [6.07, 6.45) is -0.250. The van der Waals surface area contributed by atoms with Crippen molar-refractivity contribution in [1.29, 1.82) is 0 Å². The van der Waals surface area contributed by atoms with E-state index in [2.05, 4.69) is 10.6 Å². The van der Waals surface area contributed by atoms with E-state index in [1.54, 1.807) is 41.1 Å². The molecule has 9 heteroatoms. The molecule has 1 aliphatic rings. The molecule has 0 spiro atoms. The van der Waals surface area contributed by atoms with Crippen LogP contribution in [-0.4, -0.2) is 84.8 Å². The van der Waals surface area contributed by atoms with Gasteiger partial charge in [0, 0.05) is 36.9 Å². The van der Waals surface area contributed by atoms with E-state index in [-0.39, 0.29) is 30.6 Å². The van der Waals surface area contributed by atoms with Gasteiger partial charge in [0.1, 0.15) is 0 Å². The Balaban J connectivity index is 1.98. The number of aliphatic carboxylic acids is 1. The lowest BCUT2D eigenvalue weighted by Crippen LogP contribution is -2.49. The Hall–Kier alpha value is -2.65. The number of morpholine rings is 1. The largest absolute Gasteiger partial charge is 0.480 e. The molecule has 154 valence electrons. The molecule has 2 rings (SSSR count). The molecule has 1 aliphatic heterocycles. The number of amides is 3. The van der Waals surface area contributed by atoms with Gasteiger partial charge in [0.2, 0.25) is 0 Å². The maximum absolute atomic E-state index is 12.9. The third kappa shape index (κ3) is 6.82. The van der Waals surface area contributed by atoms with Crippen LogP contribution in [0.3, 0.4) is 0 Å². The molecule has 3 N–H and O–H groups in total. The highest BCUT2D eigenvalue weighted by molar-refractivity contribution is 5.97. The number of rotatable bonds is 7. The summed E-state index contributed by atoms with van der Waals surface area (Å²) in [5.41, 5.74) is 1.01. The van der Waals surface area contributed by atoms with E-state index < -0.39 is 5.97 Å². The highest BCUT2D eigenvalue weighted by Gasteiger charge is 2.26. The van der Waals surface area contributed by atoms with E-state index in [0.717, 1.165) is 0 Å². The van der Waals surface area contributed by atoms with E-state index in [1.165, 1.54) is 0 Å². The highest BCUT2D eigenvalue weighted by Crippen LogP contribution is 2.15. The third-order valence-electron chi connectivity index (χ3n) is 4.13. The van der Waals surface area contributed by atoms with Crippen molar-refractivity contribution in [2.45, 2.75) is 26.0 Å². The Morgan fingerprint density at radius 3 is 2.79 bits per heavy atom. The number of anilines is 1. The number of urea groups is 1. The number of hydrogen-bond acceptors (Lipinski definition) is 5. The molecular formula is C19H28N4O5. The van der Waals surface area contributed by atoms with Gasteiger partial charge < -0.3 is 25.4 Å². The SMILES string of the molecule is CC(C)NC(=O)Nc1cccc(C(=O)N2CCOC(CN(C)CC(=O)O)C2)c1. The standard InChI is InChI=1S/C19H28N4O5/c1-13(2)20-19(27)21-15-6-4-5-14(9-15)18(26)23-7-8-28-16(11-23)10-22(3)12-17(24)25/h4-6,9,13,16H,7-8,10-12H2,1-3H3,(H,24,25)(H2,20,21,27). The molecule has 3 amide bonds. The molecule has 1 saturated heterocycles. The summed E-state index contributed by atoms with van der Waals surface area (Å²) in [6, 6.07) is 6.47. The summed E-state index contributed by atoms with van der Waals surface area (Å²) in [5, 5.41) is 14.3. The number of carbonyl (C=O) groups is 3. The summed E-state index contributed by atoms with van der Waals surface area (Å²) >= 11 is 0. The molecule has 9 nitrogen and oxygen atoms in total. The van der Waals surface area contributed by atoms with Crippen molar-refractivity contribution >= 4 is 23.6 Å². The minimum atomic E-state index is -0.905. The minimum absolute atomic E-state index is 0.00866. The molecule has 1 aromatic carbocycles. The average Bonchev–Trinajstić information content (AvgIpc) is 2.60. The van der Waals surface area contributed by atoms with E-state index in [4.69, 9.17) is 9.84 Å². The van der Waals surface area contributed by atoms with Gasteiger partial charge >= 0.3 is 12.0 Å². The second-order valence-electron chi connectivity index (χ2n) is 7.17. The second kappa shape index (κ2) is 10.0. The molecule has 0 aliphatic carbocycles. The van der Waals surface area contributed by atoms with Crippen LogP contribution in [0.1, 0.15) is 24.2 Å². The van der Waals surface area contributed by atoms with Gasteiger partial charge in [-0.2, -0.15) is 0 Å². The van der Waals surface area contributed by atoms with Crippen LogP contribution in [0, 0.1) is 0 Å². The first-order valence-corrected chi connectivity index (χ1v) is 9.23. The van der Waals surface area contributed by atoms with E-state index in [9.17, 15) is 14.4 Å². The van der Waals surface area contributed by atoms with Crippen LogP contribution in [0.2, 0.25) is 0 Å². The smallest absolute Gasteiger partial charge is 0.319 e. The van der Waals surface area contributed by atoms with Gasteiger partial charge in [-0.25, -0.2) is 4.79 Å². The van der Waals surface area contributed by atoms with Gasteiger partial charge in [0.25, 0.3) is 5.91 Å². The first-order chi connectivity index (χ1) is 13.2. The summed E-state index contributed by atoms with van der Waals surface area (Å²) in [5.74, 6) is -1.06. The van der Waals surface area contributed by atoms with Crippen LogP contribution < -0.4 is 10.6 Å². The number of likely N-dealkylation sites (N-methyl/N-ethyl adjacent to an activating group) is 1. The summed E-state index contributed by atoms with van der Waals surface area (Å²) in [7, 11) is 1.70. The van der Waals surface area contributed by atoms with Crippen LogP contribution in [-0.2, 0) is 9.53 Å². The third-order valence-corrected chi connectivity index (χ3v) is 4.13. The summed E-state index contributed by atoms with van der Waals surface area (Å²) < 4.78 is 5.67. The van der Waals surface area contributed by atoms with Crippen molar-refractivity contribution in [2.75, 3.05) is 45.2 Å². The minimum Gasteiger partial charge on any atom is -0.480 e. The van der Waals surface area contributed by atoms with Crippen LogP contribution in [0.15, 0.2) is 24.3 Å². The molecule has 28 heavy (non-hydrogen) atoms. The van der Waals surface area contributed by atoms with Crippen molar-refractivity contribution in [2.24, 2.45) is 0 Å². The maximum atomic E-state index is 12.9. The predicted octanol–water partition coefficient (Wildman–Crippen LogP) is 1.07. The molecule has 0 bridgehead atoms. The fourth-order valence-electron chi connectivity index (χ4n) is 3.00. The Morgan fingerprint density at radius 2 is 2.11 bits per heavy atom. The summed E-state index contributed by atoms with van der Waals surface area (Å²) in [6.45, 7) is 5.31. The van der Waals surface area contributed by atoms with Crippen molar-refractivity contribution < 1.29 is 24.2 Å². The van der Waals surface area contributed by atoms with Gasteiger partial charge in [-0.15, -0.1) is 0 Å². The number of nitrogens with one attached hydrogen (secondary N) is 2.